The normalized spacial score (nSPS) is 11.1. The molecule has 0 fully saturated rings. The van der Waals surface area contributed by atoms with Gasteiger partial charge in [0.25, 0.3) is 0 Å². The topological polar surface area (TPSA) is 135 Å². The highest BCUT2D eigenvalue weighted by atomic mass is 32.1. The molecule has 4 aromatic rings. The number of hydrogen-bond acceptors (Lipinski definition) is 9. The lowest BCUT2D eigenvalue weighted by Gasteiger charge is -2.08. The highest BCUT2D eigenvalue weighted by molar-refractivity contribution is 7.21. The molecule has 0 radical (unpaired) electrons. The predicted octanol–water partition coefficient (Wildman–Crippen LogP) is 2.41. The van der Waals surface area contributed by atoms with Crippen molar-refractivity contribution >= 4 is 39.4 Å². The number of ether oxygens (including phenoxy) is 1. The van der Waals surface area contributed by atoms with E-state index in [1.807, 2.05) is 49.0 Å². The van der Waals surface area contributed by atoms with Crippen molar-refractivity contribution in [3.8, 4) is 5.69 Å². The second-order valence-electron chi connectivity index (χ2n) is 6.17. The molecular weight excluding hydrogens is 378 g/mol. The van der Waals surface area contributed by atoms with Gasteiger partial charge >= 0.3 is 5.97 Å². The van der Waals surface area contributed by atoms with Gasteiger partial charge in [0.15, 0.2) is 12.4 Å². The maximum absolute atomic E-state index is 12.9. The number of esters is 1. The van der Waals surface area contributed by atoms with E-state index in [0.717, 1.165) is 27.2 Å². The van der Waals surface area contributed by atoms with Crippen molar-refractivity contribution in [2.24, 2.45) is 0 Å². The SMILES string of the molecule is Cc1cc(C)c2c(-n3cccc3)c(C(=O)OCc3nc(N)nc(N)n3)sc2n1. The Balaban J connectivity index is 1.74. The molecule has 0 aliphatic rings. The summed E-state index contributed by atoms with van der Waals surface area (Å²) in [5.74, 6) is -0.360. The maximum atomic E-state index is 12.9. The number of aromatic nitrogens is 5. The highest BCUT2D eigenvalue weighted by Crippen LogP contribution is 2.36. The predicted molar refractivity (Wildman–Crippen MR) is 106 cm³/mol. The minimum absolute atomic E-state index is 0.0243. The molecule has 0 saturated heterocycles. The van der Waals surface area contributed by atoms with Crippen molar-refractivity contribution in [1.29, 1.82) is 0 Å². The van der Waals surface area contributed by atoms with Crippen molar-refractivity contribution in [2.75, 3.05) is 11.5 Å². The van der Waals surface area contributed by atoms with Crippen LogP contribution in [0.15, 0.2) is 30.6 Å². The van der Waals surface area contributed by atoms with E-state index in [-0.39, 0.29) is 24.3 Å². The minimum Gasteiger partial charge on any atom is -0.453 e. The third kappa shape index (κ3) is 3.25. The monoisotopic (exact) mass is 395 g/mol. The Morgan fingerprint density at radius 2 is 1.79 bits per heavy atom. The molecule has 0 aliphatic heterocycles. The summed E-state index contributed by atoms with van der Waals surface area (Å²) in [4.78, 5) is 30.2. The number of rotatable bonds is 4. The molecule has 0 amide bonds. The van der Waals surface area contributed by atoms with Gasteiger partial charge < -0.3 is 20.8 Å². The molecule has 10 heteroatoms. The van der Waals surface area contributed by atoms with Crippen LogP contribution in [0.5, 0.6) is 0 Å². The lowest BCUT2D eigenvalue weighted by atomic mass is 10.1. The Morgan fingerprint density at radius 1 is 1.11 bits per heavy atom. The standard InChI is InChI=1S/C18H17N7O2S/c1-9-7-10(2)21-15-12(9)13(25-5-3-4-6-25)14(28-15)16(26)27-8-11-22-17(19)24-18(20)23-11/h3-7H,8H2,1-2H3,(H4,19,20,22,23,24). The van der Waals surface area contributed by atoms with E-state index < -0.39 is 5.97 Å². The van der Waals surface area contributed by atoms with E-state index in [1.165, 1.54) is 11.3 Å². The number of thiophene rings is 1. The number of pyridine rings is 1. The van der Waals surface area contributed by atoms with Crippen LogP contribution in [0.4, 0.5) is 11.9 Å². The molecule has 4 aromatic heterocycles. The van der Waals surface area contributed by atoms with E-state index in [4.69, 9.17) is 16.2 Å². The fraction of sp³-hybridized carbons (Fsp3) is 0.167. The molecule has 0 saturated carbocycles. The molecule has 0 bridgehead atoms. The van der Waals surface area contributed by atoms with E-state index >= 15 is 0 Å². The summed E-state index contributed by atoms with van der Waals surface area (Å²) in [6.45, 7) is 3.76. The van der Waals surface area contributed by atoms with Crippen LogP contribution < -0.4 is 11.5 Å². The molecule has 0 unspecified atom stereocenters. The largest absolute Gasteiger partial charge is 0.453 e. The third-order valence-electron chi connectivity index (χ3n) is 4.06. The van der Waals surface area contributed by atoms with Gasteiger partial charge in [0, 0.05) is 23.5 Å². The summed E-state index contributed by atoms with van der Waals surface area (Å²) in [6, 6.07) is 5.78. The van der Waals surface area contributed by atoms with Gasteiger partial charge in [0.2, 0.25) is 11.9 Å². The van der Waals surface area contributed by atoms with Crippen LogP contribution in [-0.4, -0.2) is 30.5 Å². The number of carbonyl (C=O) groups excluding carboxylic acids is 1. The minimum atomic E-state index is -0.499. The first kappa shape index (κ1) is 17.9. The highest BCUT2D eigenvalue weighted by Gasteiger charge is 2.23. The first-order chi connectivity index (χ1) is 13.4. The van der Waals surface area contributed by atoms with Crippen LogP contribution in [0, 0.1) is 13.8 Å². The molecule has 4 rings (SSSR count). The first-order valence-electron chi connectivity index (χ1n) is 8.39. The molecule has 0 aromatic carbocycles. The van der Waals surface area contributed by atoms with Gasteiger partial charge in [0.05, 0.1) is 5.69 Å². The third-order valence-corrected chi connectivity index (χ3v) is 5.11. The van der Waals surface area contributed by atoms with Gasteiger partial charge in [-0.2, -0.15) is 15.0 Å². The van der Waals surface area contributed by atoms with Crippen LogP contribution in [0.1, 0.15) is 26.8 Å². The lowest BCUT2D eigenvalue weighted by Crippen LogP contribution is -2.11. The van der Waals surface area contributed by atoms with Crippen molar-refractivity contribution in [3.63, 3.8) is 0 Å². The number of anilines is 2. The quantitative estimate of drug-likeness (QED) is 0.503. The molecule has 9 nitrogen and oxygen atoms in total. The van der Waals surface area contributed by atoms with Crippen LogP contribution in [-0.2, 0) is 11.3 Å². The molecule has 0 spiro atoms. The van der Waals surface area contributed by atoms with E-state index in [2.05, 4.69) is 19.9 Å². The molecule has 4 heterocycles. The number of aryl methyl sites for hydroxylation is 2. The zero-order chi connectivity index (χ0) is 19.8. The zero-order valence-corrected chi connectivity index (χ0v) is 16.0. The Labute approximate surface area is 164 Å². The summed E-state index contributed by atoms with van der Waals surface area (Å²) in [7, 11) is 0. The summed E-state index contributed by atoms with van der Waals surface area (Å²) >= 11 is 1.29. The van der Waals surface area contributed by atoms with Gasteiger partial charge in [-0.15, -0.1) is 11.3 Å². The van der Waals surface area contributed by atoms with Crippen molar-refractivity contribution < 1.29 is 9.53 Å². The first-order valence-corrected chi connectivity index (χ1v) is 9.21. The van der Waals surface area contributed by atoms with Gasteiger partial charge in [-0.3, -0.25) is 0 Å². The van der Waals surface area contributed by atoms with Crippen LogP contribution in [0.2, 0.25) is 0 Å². The number of hydrogen-bond donors (Lipinski definition) is 2. The van der Waals surface area contributed by atoms with Gasteiger partial charge in [-0.05, 0) is 37.6 Å². The maximum Gasteiger partial charge on any atom is 0.351 e. The van der Waals surface area contributed by atoms with E-state index in [9.17, 15) is 4.79 Å². The van der Waals surface area contributed by atoms with Gasteiger partial charge in [-0.1, -0.05) is 0 Å². The molecule has 4 N–H and O–H groups in total. The van der Waals surface area contributed by atoms with Crippen molar-refractivity contribution in [2.45, 2.75) is 20.5 Å². The van der Waals surface area contributed by atoms with Crippen molar-refractivity contribution in [1.82, 2.24) is 24.5 Å². The number of carbonyl (C=O) groups is 1. The zero-order valence-electron chi connectivity index (χ0n) is 15.2. The summed E-state index contributed by atoms with van der Waals surface area (Å²) in [6.07, 6.45) is 3.76. The average molecular weight is 395 g/mol. The number of fused-ring (bicyclic) bond motifs is 1. The molecule has 28 heavy (non-hydrogen) atoms. The Morgan fingerprint density at radius 3 is 2.46 bits per heavy atom. The number of nitrogens with zero attached hydrogens (tertiary/aromatic N) is 5. The number of nitrogen functional groups attached to an aromatic ring is 2. The Bertz CT molecular complexity index is 1160. The number of nitrogens with two attached hydrogens (primary N) is 2. The Hall–Kier alpha value is -3.53. The average Bonchev–Trinajstić information content (AvgIpc) is 3.25. The van der Waals surface area contributed by atoms with Gasteiger partial charge in [-0.25, -0.2) is 9.78 Å². The van der Waals surface area contributed by atoms with Crippen LogP contribution in [0.3, 0.4) is 0 Å². The van der Waals surface area contributed by atoms with E-state index in [1.54, 1.807) is 0 Å². The summed E-state index contributed by atoms with van der Waals surface area (Å²) in [5.41, 5.74) is 13.8. The molecule has 142 valence electrons. The molecular formula is C18H17N7O2S. The smallest absolute Gasteiger partial charge is 0.351 e. The summed E-state index contributed by atoms with van der Waals surface area (Å²) < 4.78 is 7.32. The fourth-order valence-corrected chi connectivity index (χ4v) is 4.20. The second-order valence-corrected chi connectivity index (χ2v) is 7.17. The lowest BCUT2D eigenvalue weighted by molar-refractivity contribution is 0.0468. The van der Waals surface area contributed by atoms with E-state index in [0.29, 0.717) is 4.88 Å². The fourth-order valence-electron chi connectivity index (χ4n) is 3.01. The summed E-state index contributed by atoms with van der Waals surface area (Å²) in [5, 5.41) is 0.924. The van der Waals surface area contributed by atoms with Gasteiger partial charge in [0.1, 0.15) is 9.71 Å². The van der Waals surface area contributed by atoms with Crippen molar-refractivity contribution in [3.05, 3.63) is 52.6 Å². The second kappa shape index (κ2) is 6.89. The van der Waals surface area contributed by atoms with Crippen LogP contribution >= 0.6 is 11.3 Å². The Kier molecular flexibility index (Phi) is 4.40. The molecule has 0 aliphatic carbocycles. The molecule has 0 atom stereocenters. The van der Waals surface area contributed by atoms with Crippen LogP contribution in [0.25, 0.3) is 15.9 Å².